The summed E-state index contributed by atoms with van der Waals surface area (Å²) in [5.74, 6) is 0.470. The highest BCUT2D eigenvalue weighted by Crippen LogP contribution is 2.36. The van der Waals surface area contributed by atoms with E-state index in [0.717, 1.165) is 27.9 Å². The fourth-order valence-corrected chi connectivity index (χ4v) is 3.46. The summed E-state index contributed by atoms with van der Waals surface area (Å²) in [6.45, 7) is 1.48. The van der Waals surface area contributed by atoms with Crippen LogP contribution >= 0.6 is 0 Å². The van der Waals surface area contributed by atoms with Gasteiger partial charge in [-0.25, -0.2) is 0 Å². The fourth-order valence-electron chi connectivity index (χ4n) is 3.46. The third-order valence-electron chi connectivity index (χ3n) is 4.74. The van der Waals surface area contributed by atoms with E-state index in [9.17, 15) is 9.59 Å². The van der Waals surface area contributed by atoms with Crippen molar-refractivity contribution in [3.63, 3.8) is 0 Å². The zero-order valence-corrected chi connectivity index (χ0v) is 16.2. The molecule has 1 aliphatic heterocycles. The summed E-state index contributed by atoms with van der Waals surface area (Å²) in [6.07, 6.45) is 1.88. The fraction of sp³-hybridized carbons (Fsp3) is 0.0833. The average molecular weight is 384 g/mol. The number of benzene rings is 3. The molecule has 2 amide bonds. The Balaban J connectivity index is 1.77. The minimum Gasteiger partial charge on any atom is -0.496 e. The second kappa shape index (κ2) is 7.64. The minimum absolute atomic E-state index is 0.115. The first kappa shape index (κ1) is 18.5. The van der Waals surface area contributed by atoms with Crippen LogP contribution < -0.4 is 15.4 Å². The predicted octanol–water partition coefficient (Wildman–Crippen LogP) is 4.81. The number of carbonyl (C=O) groups excluding carboxylic acids is 2. The highest BCUT2D eigenvalue weighted by Gasteiger charge is 2.23. The van der Waals surface area contributed by atoms with Crippen molar-refractivity contribution in [1.29, 1.82) is 0 Å². The number of amides is 2. The summed E-state index contributed by atoms with van der Waals surface area (Å²) in [6, 6.07) is 21.0. The Kier molecular flexibility index (Phi) is 4.87. The summed E-state index contributed by atoms with van der Waals surface area (Å²) < 4.78 is 5.54. The zero-order valence-electron chi connectivity index (χ0n) is 16.2. The first-order valence-electron chi connectivity index (χ1n) is 9.23. The number of carbonyl (C=O) groups is 2. The van der Waals surface area contributed by atoms with Crippen LogP contribution in [0.3, 0.4) is 0 Å². The normalized spacial score (nSPS) is 13.7. The van der Waals surface area contributed by atoms with E-state index in [2.05, 4.69) is 10.6 Å². The van der Waals surface area contributed by atoms with Gasteiger partial charge in [0.25, 0.3) is 5.91 Å². The lowest BCUT2D eigenvalue weighted by Gasteiger charge is -2.12. The Bertz CT molecular complexity index is 1150. The molecule has 3 aromatic carbocycles. The molecule has 0 saturated carbocycles. The summed E-state index contributed by atoms with van der Waals surface area (Å²) in [4.78, 5) is 23.8. The number of rotatable bonds is 4. The molecule has 29 heavy (non-hydrogen) atoms. The van der Waals surface area contributed by atoms with Gasteiger partial charge in [0.05, 0.1) is 7.11 Å². The molecule has 1 heterocycles. The lowest BCUT2D eigenvalue weighted by Crippen LogP contribution is -2.05. The van der Waals surface area contributed by atoms with Gasteiger partial charge < -0.3 is 15.4 Å². The highest BCUT2D eigenvalue weighted by atomic mass is 16.5. The molecule has 0 fully saturated rings. The van der Waals surface area contributed by atoms with Crippen LogP contribution in [0.5, 0.6) is 5.75 Å². The summed E-state index contributed by atoms with van der Waals surface area (Å²) in [5, 5.41) is 5.69. The summed E-state index contributed by atoms with van der Waals surface area (Å²) in [7, 11) is 1.62. The van der Waals surface area contributed by atoms with E-state index >= 15 is 0 Å². The van der Waals surface area contributed by atoms with Crippen LogP contribution in [0.2, 0.25) is 0 Å². The molecule has 144 valence electrons. The predicted molar refractivity (Wildman–Crippen MR) is 116 cm³/mol. The van der Waals surface area contributed by atoms with Crippen LogP contribution in [0.1, 0.15) is 18.1 Å². The van der Waals surface area contributed by atoms with E-state index in [4.69, 9.17) is 4.74 Å². The van der Waals surface area contributed by atoms with Crippen molar-refractivity contribution >= 4 is 34.8 Å². The average Bonchev–Trinajstić information content (AvgIpc) is 3.03. The van der Waals surface area contributed by atoms with Crippen LogP contribution in [0.4, 0.5) is 11.4 Å². The van der Waals surface area contributed by atoms with Crippen LogP contribution in [-0.4, -0.2) is 18.9 Å². The SMILES string of the molecule is COc1ccc(/C=C2\C(=O)Nc3ccccc32)cc1-c1cccc(NC(C)=O)c1. The van der Waals surface area contributed by atoms with Gasteiger partial charge in [0, 0.05) is 35.0 Å². The number of para-hydroxylation sites is 1. The maximum absolute atomic E-state index is 12.4. The number of ether oxygens (including phenoxy) is 1. The van der Waals surface area contributed by atoms with Crippen molar-refractivity contribution < 1.29 is 14.3 Å². The van der Waals surface area contributed by atoms with E-state index in [1.807, 2.05) is 72.8 Å². The quantitative estimate of drug-likeness (QED) is 0.634. The first-order valence-corrected chi connectivity index (χ1v) is 9.23. The van der Waals surface area contributed by atoms with Gasteiger partial charge in [-0.15, -0.1) is 0 Å². The molecule has 5 nitrogen and oxygen atoms in total. The zero-order chi connectivity index (χ0) is 20.4. The maximum Gasteiger partial charge on any atom is 0.256 e. The van der Waals surface area contributed by atoms with Crippen LogP contribution in [0.15, 0.2) is 66.7 Å². The van der Waals surface area contributed by atoms with E-state index in [-0.39, 0.29) is 11.8 Å². The van der Waals surface area contributed by atoms with Gasteiger partial charge in [0.2, 0.25) is 5.91 Å². The number of hydrogen-bond acceptors (Lipinski definition) is 3. The lowest BCUT2D eigenvalue weighted by molar-refractivity contribution is -0.114. The topological polar surface area (TPSA) is 67.4 Å². The Labute approximate surface area is 169 Å². The van der Waals surface area contributed by atoms with Gasteiger partial charge in [-0.2, -0.15) is 0 Å². The van der Waals surface area contributed by atoms with Crippen LogP contribution in [-0.2, 0) is 9.59 Å². The summed E-state index contributed by atoms with van der Waals surface area (Å²) >= 11 is 0. The number of methoxy groups -OCH3 is 1. The molecule has 0 unspecified atom stereocenters. The Morgan fingerprint density at radius 1 is 1.00 bits per heavy atom. The third kappa shape index (κ3) is 3.75. The van der Waals surface area contributed by atoms with Gasteiger partial charge in [-0.3, -0.25) is 9.59 Å². The molecule has 0 atom stereocenters. The monoisotopic (exact) mass is 384 g/mol. The number of nitrogens with one attached hydrogen (secondary N) is 2. The first-order chi connectivity index (χ1) is 14.0. The van der Waals surface area contributed by atoms with Crippen molar-refractivity contribution in [2.45, 2.75) is 6.92 Å². The third-order valence-corrected chi connectivity index (χ3v) is 4.74. The lowest BCUT2D eigenvalue weighted by atomic mass is 9.98. The Morgan fingerprint density at radius 2 is 1.83 bits per heavy atom. The molecule has 0 aromatic heterocycles. The Hall–Kier alpha value is -3.86. The van der Waals surface area contributed by atoms with Crippen molar-refractivity contribution in [2.24, 2.45) is 0 Å². The molecular weight excluding hydrogens is 364 g/mol. The molecule has 3 aromatic rings. The number of fused-ring (bicyclic) bond motifs is 1. The molecule has 5 heteroatoms. The number of anilines is 2. The Morgan fingerprint density at radius 3 is 2.62 bits per heavy atom. The van der Waals surface area contributed by atoms with Gasteiger partial charge in [0.1, 0.15) is 5.75 Å². The van der Waals surface area contributed by atoms with E-state index in [1.54, 1.807) is 7.11 Å². The van der Waals surface area contributed by atoms with Gasteiger partial charge in [0.15, 0.2) is 0 Å². The van der Waals surface area contributed by atoms with E-state index in [0.29, 0.717) is 17.0 Å². The minimum atomic E-state index is -0.126. The maximum atomic E-state index is 12.4. The molecule has 2 N–H and O–H groups in total. The van der Waals surface area contributed by atoms with Crippen LogP contribution in [0.25, 0.3) is 22.8 Å². The smallest absolute Gasteiger partial charge is 0.256 e. The highest BCUT2D eigenvalue weighted by molar-refractivity contribution is 6.34. The molecule has 0 radical (unpaired) electrons. The van der Waals surface area contributed by atoms with Crippen molar-refractivity contribution in [3.8, 4) is 16.9 Å². The van der Waals surface area contributed by atoms with Crippen molar-refractivity contribution in [1.82, 2.24) is 0 Å². The largest absolute Gasteiger partial charge is 0.496 e. The standard InChI is InChI=1S/C24H20N2O3/c1-15(27)25-18-7-5-6-17(14-18)20-12-16(10-11-23(20)29-2)13-21-19-8-3-4-9-22(19)26-24(21)28/h3-14H,1-2H3,(H,25,27)(H,26,28)/b21-13-. The van der Waals surface area contributed by atoms with E-state index < -0.39 is 0 Å². The van der Waals surface area contributed by atoms with E-state index in [1.165, 1.54) is 6.92 Å². The summed E-state index contributed by atoms with van der Waals surface area (Å²) in [5.41, 5.74) is 5.72. The molecule has 0 bridgehead atoms. The molecule has 4 rings (SSSR count). The molecule has 0 aliphatic carbocycles. The molecular formula is C24H20N2O3. The second-order valence-electron chi connectivity index (χ2n) is 6.78. The van der Waals surface area contributed by atoms with Crippen molar-refractivity contribution in [2.75, 3.05) is 17.7 Å². The number of hydrogen-bond donors (Lipinski definition) is 2. The molecule has 0 spiro atoms. The second-order valence-corrected chi connectivity index (χ2v) is 6.78. The van der Waals surface area contributed by atoms with Gasteiger partial charge in [-0.05, 0) is 47.5 Å². The molecule has 0 saturated heterocycles. The van der Waals surface area contributed by atoms with Gasteiger partial charge in [-0.1, -0.05) is 36.4 Å². The molecule has 1 aliphatic rings. The van der Waals surface area contributed by atoms with Crippen molar-refractivity contribution in [3.05, 3.63) is 77.9 Å². The van der Waals surface area contributed by atoms with Crippen LogP contribution in [0, 0.1) is 0 Å². The van der Waals surface area contributed by atoms with Gasteiger partial charge >= 0.3 is 0 Å².